The van der Waals surface area contributed by atoms with Crippen LogP contribution < -0.4 is 5.32 Å². The van der Waals surface area contributed by atoms with Crippen molar-refractivity contribution in [1.29, 1.82) is 0 Å². The van der Waals surface area contributed by atoms with Crippen LogP contribution in [0.1, 0.15) is 10.4 Å². The second-order valence-electron chi connectivity index (χ2n) is 4.87. The number of carboxylic acids is 1. The summed E-state index contributed by atoms with van der Waals surface area (Å²) >= 11 is 0. The van der Waals surface area contributed by atoms with Crippen molar-refractivity contribution in [2.45, 2.75) is 0 Å². The summed E-state index contributed by atoms with van der Waals surface area (Å²) in [6.07, 6.45) is 1.19. The van der Waals surface area contributed by atoms with Crippen molar-refractivity contribution in [2.75, 3.05) is 6.54 Å². The Balaban J connectivity index is 0.00000225. The van der Waals surface area contributed by atoms with Crippen molar-refractivity contribution < 1.29 is 24.2 Å². The van der Waals surface area contributed by atoms with Gasteiger partial charge in [-0.05, 0) is 24.3 Å². The minimum atomic E-state index is -1.22. The van der Waals surface area contributed by atoms with Gasteiger partial charge in [-0.1, -0.05) is 0 Å². The summed E-state index contributed by atoms with van der Waals surface area (Å²) in [6.45, 7) is -0.599. The molecule has 1 amide bonds. The Kier molecular flexibility index (Phi) is 5.18. The Morgan fingerprint density at radius 3 is 2.56 bits per heavy atom. The van der Waals surface area contributed by atoms with Gasteiger partial charge in [0.05, 0.1) is 5.69 Å². The molecule has 0 atom stereocenters. The minimum Gasteiger partial charge on any atom is -0.507 e. The minimum absolute atomic E-state index is 0. The van der Waals surface area contributed by atoms with E-state index in [9.17, 15) is 19.1 Å². The molecule has 25 heavy (non-hydrogen) atoms. The number of halogens is 2. The van der Waals surface area contributed by atoms with E-state index >= 15 is 0 Å². The summed E-state index contributed by atoms with van der Waals surface area (Å²) in [6, 6.07) is 6.78. The van der Waals surface area contributed by atoms with Gasteiger partial charge in [0, 0.05) is 11.6 Å². The number of aromatic nitrogens is 3. The highest BCUT2D eigenvalue weighted by Crippen LogP contribution is 2.29. The molecule has 0 fully saturated rings. The lowest BCUT2D eigenvalue weighted by Crippen LogP contribution is -2.29. The van der Waals surface area contributed by atoms with E-state index in [4.69, 9.17) is 5.11 Å². The number of carboxylic acid groups (broad SMARTS) is 1. The number of amides is 1. The van der Waals surface area contributed by atoms with Gasteiger partial charge in [-0.15, -0.1) is 12.4 Å². The Bertz CT molecular complexity index is 943. The number of carbonyl (C=O) groups is 2. The third-order valence-electron chi connectivity index (χ3n) is 3.30. The average molecular weight is 367 g/mol. The highest BCUT2D eigenvalue weighted by Gasteiger charge is 2.21. The van der Waals surface area contributed by atoms with Crippen molar-refractivity contribution in [3.05, 3.63) is 48.0 Å². The molecule has 10 heteroatoms. The van der Waals surface area contributed by atoms with Crippen LogP contribution in [0.3, 0.4) is 0 Å². The first-order valence-electron chi connectivity index (χ1n) is 6.79. The smallest absolute Gasteiger partial charge is 0.322 e. The molecular weight excluding hydrogens is 355 g/mol. The van der Waals surface area contributed by atoms with Crippen molar-refractivity contribution in [2.24, 2.45) is 0 Å². The lowest BCUT2D eigenvalue weighted by molar-refractivity contribution is -0.135. The maximum Gasteiger partial charge on any atom is 0.322 e. The van der Waals surface area contributed by atoms with Gasteiger partial charge in [0.1, 0.15) is 30.0 Å². The number of carbonyl (C=O) groups excluding carboxylic acids is 1. The lowest BCUT2D eigenvalue weighted by Gasteiger charge is -2.10. The fourth-order valence-corrected chi connectivity index (χ4v) is 2.25. The molecule has 130 valence electrons. The molecule has 0 saturated heterocycles. The van der Waals surface area contributed by atoms with Crippen LogP contribution in [-0.4, -0.2) is 43.2 Å². The molecule has 0 aliphatic heterocycles. The number of nitrogens with zero attached hydrogens (tertiary/aromatic N) is 3. The van der Waals surface area contributed by atoms with E-state index in [-0.39, 0.29) is 23.6 Å². The molecule has 0 unspecified atom stereocenters. The molecule has 3 aromatic rings. The van der Waals surface area contributed by atoms with Gasteiger partial charge in [0.25, 0.3) is 5.91 Å². The fraction of sp³-hybridized carbons (Fsp3) is 0.0667. The molecule has 0 spiro atoms. The van der Waals surface area contributed by atoms with Crippen LogP contribution in [0.25, 0.3) is 16.9 Å². The molecule has 0 aliphatic rings. The highest BCUT2D eigenvalue weighted by atomic mass is 35.5. The molecule has 0 bridgehead atoms. The number of aromatic hydroxyl groups is 1. The molecular formula is C15H12ClFN4O4. The molecule has 3 N–H and O–H groups in total. The SMILES string of the molecule is Cl.O=C(O)CNC(=O)c1c(O)cc(-c2ccc(F)cc2)n2ncnc12. The zero-order valence-corrected chi connectivity index (χ0v) is 13.3. The van der Waals surface area contributed by atoms with Crippen LogP contribution in [-0.2, 0) is 4.79 Å². The summed E-state index contributed by atoms with van der Waals surface area (Å²) in [5.74, 6) is -2.82. The number of benzene rings is 1. The number of hydrogen-bond acceptors (Lipinski definition) is 5. The zero-order valence-electron chi connectivity index (χ0n) is 12.5. The van der Waals surface area contributed by atoms with E-state index in [2.05, 4.69) is 15.4 Å². The van der Waals surface area contributed by atoms with E-state index < -0.39 is 30.0 Å². The molecule has 0 aliphatic carbocycles. The summed E-state index contributed by atoms with van der Waals surface area (Å²) in [5, 5.41) is 25.0. The first-order chi connectivity index (χ1) is 11.5. The van der Waals surface area contributed by atoms with Gasteiger partial charge in [-0.2, -0.15) is 5.10 Å². The maximum absolute atomic E-state index is 13.1. The van der Waals surface area contributed by atoms with Gasteiger partial charge in [-0.3, -0.25) is 9.59 Å². The molecule has 0 radical (unpaired) electrons. The number of nitrogens with one attached hydrogen (secondary N) is 1. The molecule has 3 rings (SSSR count). The van der Waals surface area contributed by atoms with Crippen LogP contribution in [0.4, 0.5) is 4.39 Å². The van der Waals surface area contributed by atoms with Crippen molar-refractivity contribution in [3.8, 4) is 17.0 Å². The molecule has 1 aromatic carbocycles. The molecule has 2 aromatic heterocycles. The van der Waals surface area contributed by atoms with Crippen LogP contribution in [0.2, 0.25) is 0 Å². The fourth-order valence-electron chi connectivity index (χ4n) is 2.25. The van der Waals surface area contributed by atoms with E-state index in [0.29, 0.717) is 11.3 Å². The first-order valence-corrected chi connectivity index (χ1v) is 6.79. The second kappa shape index (κ2) is 7.14. The standard InChI is InChI=1S/C15H11FN4O4.ClH/c16-9-3-1-8(2-4-9)10-5-11(21)13(14-18-7-19-20(10)14)15(24)17-6-12(22)23;/h1-5,7,21H,6H2,(H,17,24)(H,22,23);1H. The second-order valence-corrected chi connectivity index (χ2v) is 4.87. The van der Waals surface area contributed by atoms with E-state index in [1.54, 1.807) is 0 Å². The van der Waals surface area contributed by atoms with E-state index in [1.807, 2.05) is 0 Å². The third-order valence-corrected chi connectivity index (χ3v) is 3.30. The zero-order chi connectivity index (χ0) is 17.3. The number of pyridine rings is 1. The van der Waals surface area contributed by atoms with E-state index in [1.165, 1.54) is 41.2 Å². The Morgan fingerprint density at radius 1 is 1.24 bits per heavy atom. The normalized spacial score (nSPS) is 10.3. The molecule has 0 saturated carbocycles. The quantitative estimate of drug-likeness (QED) is 0.644. The lowest BCUT2D eigenvalue weighted by atomic mass is 10.1. The monoisotopic (exact) mass is 366 g/mol. The first kappa shape index (κ1) is 18.1. The van der Waals surface area contributed by atoms with E-state index in [0.717, 1.165) is 0 Å². The summed E-state index contributed by atoms with van der Waals surface area (Å²) in [7, 11) is 0. The number of fused-ring (bicyclic) bond motifs is 1. The molecule has 8 nitrogen and oxygen atoms in total. The summed E-state index contributed by atoms with van der Waals surface area (Å²) in [5.41, 5.74) is 0.811. The number of hydrogen-bond donors (Lipinski definition) is 3. The topological polar surface area (TPSA) is 117 Å². The van der Waals surface area contributed by atoms with Crippen LogP contribution in [0.5, 0.6) is 5.75 Å². The van der Waals surface area contributed by atoms with Crippen LogP contribution in [0, 0.1) is 5.82 Å². The maximum atomic E-state index is 13.1. The van der Waals surface area contributed by atoms with Gasteiger partial charge in [-0.25, -0.2) is 13.9 Å². The number of aliphatic carboxylic acids is 1. The Hall–Kier alpha value is -3.20. The van der Waals surface area contributed by atoms with Gasteiger partial charge in [0.15, 0.2) is 5.65 Å². The van der Waals surface area contributed by atoms with Gasteiger partial charge in [0.2, 0.25) is 0 Å². The highest BCUT2D eigenvalue weighted by molar-refractivity contribution is 6.03. The predicted octanol–water partition coefficient (Wildman–Crippen LogP) is 1.48. The summed E-state index contributed by atoms with van der Waals surface area (Å²) < 4.78 is 14.4. The van der Waals surface area contributed by atoms with Crippen molar-refractivity contribution in [3.63, 3.8) is 0 Å². The molecule has 2 heterocycles. The summed E-state index contributed by atoms with van der Waals surface area (Å²) in [4.78, 5) is 26.6. The van der Waals surface area contributed by atoms with Crippen LogP contribution in [0.15, 0.2) is 36.7 Å². The largest absolute Gasteiger partial charge is 0.507 e. The van der Waals surface area contributed by atoms with Crippen molar-refractivity contribution >= 4 is 29.9 Å². The average Bonchev–Trinajstić information content (AvgIpc) is 3.02. The Morgan fingerprint density at radius 2 is 1.92 bits per heavy atom. The van der Waals surface area contributed by atoms with Gasteiger partial charge >= 0.3 is 5.97 Å². The Labute approximate surface area is 146 Å². The van der Waals surface area contributed by atoms with Gasteiger partial charge < -0.3 is 15.5 Å². The predicted molar refractivity (Wildman–Crippen MR) is 87.3 cm³/mol. The number of rotatable bonds is 4. The van der Waals surface area contributed by atoms with Crippen LogP contribution >= 0.6 is 12.4 Å². The third kappa shape index (κ3) is 3.50. The van der Waals surface area contributed by atoms with Crippen molar-refractivity contribution in [1.82, 2.24) is 19.9 Å².